The van der Waals surface area contributed by atoms with Gasteiger partial charge in [0, 0.05) is 25.4 Å². The minimum Gasteiger partial charge on any atom is -0.497 e. The molecule has 0 spiro atoms. The van der Waals surface area contributed by atoms with E-state index in [4.69, 9.17) is 4.74 Å². The molecule has 0 aromatic heterocycles. The average molecular weight is 247 g/mol. The summed E-state index contributed by atoms with van der Waals surface area (Å²) in [5.41, 5.74) is 1.43. The van der Waals surface area contributed by atoms with Gasteiger partial charge in [-0.15, -0.1) is 0 Å². The zero-order valence-electron chi connectivity index (χ0n) is 11.4. The predicted octanol–water partition coefficient (Wildman–Crippen LogP) is 2.60. The summed E-state index contributed by atoms with van der Waals surface area (Å²) >= 11 is 0. The fourth-order valence-corrected chi connectivity index (χ4v) is 2.82. The van der Waals surface area contributed by atoms with E-state index < -0.39 is 0 Å². The van der Waals surface area contributed by atoms with E-state index in [9.17, 15) is 4.79 Å². The molecule has 3 nitrogen and oxygen atoms in total. The number of likely N-dealkylation sites (tertiary alicyclic amines) is 1. The topological polar surface area (TPSA) is 29.5 Å². The molecule has 0 aliphatic carbocycles. The second kappa shape index (κ2) is 5.01. The molecule has 0 bridgehead atoms. The molecule has 3 heteroatoms. The number of nitrogens with zero attached hydrogens (tertiary/aromatic N) is 1. The molecule has 0 saturated carbocycles. The first-order valence-electron chi connectivity index (χ1n) is 6.51. The Morgan fingerprint density at radius 2 is 2.17 bits per heavy atom. The maximum absolute atomic E-state index is 11.4. The second-order valence-corrected chi connectivity index (χ2v) is 5.14. The Morgan fingerprint density at radius 1 is 1.44 bits per heavy atom. The van der Waals surface area contributed by atoms with E-state index in [2.05, 4.69) is 19.1 Å². The van der Waals surface area contributed by atoms with E-state index in [1.807, 2.05) is 17.0 Å². The van der Waals surface area contributed by atoms with Gasteiger partial charge in [-0.3, -0.25) is 4.79 Å². The number of rotatable bonds is 4. The van der Waals surface area contributed by atoms with Crippen LogP contribution in [-0.4, -0.2) is 31.0 Å². The van der Waals surface area contributed by atoms with Crippen LogP contribution in [-0.2, 0) is 10.2 Å². The van der Waals surface area contributed by atoms with Crippen LogP contribution < -0.4 is 4.74 Å². The quantitative estimate of drug-likeness (QED) is 0.818. The third-order valence-corrected chi connectivity index (χ3v) is 3.84. The van der Waals surface area contributed by atoms with Crippen molar-refractivity contribution < 1.29 is 9.53 Å². The van der Waals surface area contributed by atoms with Crippen LogP contribution in [0, 0.1) is 0 Å². The first-order chi connectivity index (χ1) is 8.61. The molecule has 98 valence electrons. The van der Waals surface area contributed by atoms with Crippen molar-refractivity contribution in [2.45, 2.75) is 32.1 Å². The van der Waals surface area contributed by atoms with Crippen LogP contribution in [0.4, 0.5) is 0 Å². The summed E-state index contributed by atoms with van der Waals surface area (Å²) in [6.07, 6.45) is 2.24. The van der Waals surface area contributed by atoms with Crippen molar-refractivity contribution in [2.24, 2.45) is 0 Å². The van der Waals surface area contributed by atoms with Crippen LogP contribution in [0.3, 0.4) is 0 Å². The van der Waals surface area contributed by atoms with E-state index in [1.54, 1.807) is 14.0 Å². The third kappa shape index (κ3) is 2.22. The fraction of sp³-hybridized carbons (Fsp3) is 0.533. The summed E-state index contributed by atoms with van der Waals surface area (Å²) in [6, 6.07) is 8.25. The molecule has 2 rings (SSSR count). The number of hydrogen-bond acceptors (Lipinski definition) is 2. The van der Waals surface area contributed by atoms with Crippen LogP contribution in [0.15, 0.2) is 24.3 Å². The minimum atomic E-state index is 0.134. The second-order valence-electron chi connectivity index (χ2n) is 5.14. The monoisotopic (exact) mass is 247 g/mol. The van der Waals surface area contributed by atoms with Gasteiger partial charge in [-0.25, -0.2) is 0 Å². The van der Waals surface area contributed by atoms with Gasteiger partial charge in [-0.05, 0) is 24.1 Å². The first-order valence-corrected chi connectivity index (χ1v) is 6.51. The molecule has 18 heavy (non-hydrogen) atoms. The number of benzene rings is 1. The molecule has 1 amide bonds. The highest BCUT2D eigenvalue weighted by Gasteiger charge is 2.44. The van der Waals surface area contributed by atoms with Gasteiger partial charge in [-0.2, -0.15) is 0 Å². The molecule has 1 fully saturated rings. The fourth-order valence-electron chi connectivity index (χ4n) is 2.82. The zero-order valence-corrected chi connectivity index (χ0v) is 11.4. The number of ether oxygens (including phenoxy) is 1. The standard InChI is InChI=1S/C15H21NO2/c1-4-8-15(10-16(11-15)12(2)17)13-6-5-7-14(9-13)18-3/h5-7,9H,4,8,10-11H2,1-3H3. The van der Waals surface area contributed by atoms with Crippen molar-refractivity contribution >= 4 is 5.91 Å². The normalized spacial score (nSPS) is 17.2. The maximum Gasteiger partial charge on any atom is 0.219 e. The summed E-state index contributed by atoms with van der Waals surface area (Å²) in [5.74, 6) is 1.06. The molecule has 0 atom stereocenters. The summed E-state index contributed by atoms with van der Waals surface area (Å²) in [5, 5.41) is 0. The van der Waals surface area contributed by atoms with Crippen LogP contribution in [0.5, 0.6) is 5.75 Å². The van der Waals surface area contributed by atoms with Crippen molar-refractivity contribution in [3.8, 4) is 5.75 Å². The average Bonchev–Trinajstić information content (AvgIpc) is 2.33. The molecular weight excluding hydrogens is 226 g/mol. The highest BCUT2D eigenvalue weighted by Crippen LogP contribution is 2.39. The Labute approximate surface area is 109 Å². The van der Waals surface area contributed by atoms with Gasteiger partial charge in [0.25, 0.3) is 0 Å². The molecule has 1 aromatic carbocycles. The Balaban J connectivity index is 2.23. The van der Waals surface area contributed by atoms with Gasteiger partial charge in [0.2, 0.25) is 5.91 Å². The van der Waals surface area contributed by atoms with Crippen molar-refractivity contribution in [3.05, 3.63) is 29.8 Å². The van der Waals surface area contributed by atoms with Gasteiger partial charge in [0.05, 0.1) is 7.11 Å². The Hall–Kier alpha value is -1.51. The van der Waals surface area contributed by atoms with E-state index in [1.165, 1.54) is 5.56 Å². The Morgan fingerprint density at radius 3 is 2.72 bits per heavy atom. The van der Waals surface area contributed by atoms with Crippen LogP contribution >= 0.6 is 0 Å². The highest BCUT2D eigenvalue weighted by molar-refractivity contribution is 5.75. The van der Waals surface area contributed by atoms with E-state index in [0.717, 1.165) is 31.7 Å². The largest absolute Gasteiger partial charge is 0.497 e. The molecule has 0 N–H and O–H groups in total. The SMILES string of the molecule is CCCC1(c2cccc(OC)c2)CN(C(C)=O)C1. The summed E-state index contributed by atoms with van der Waals surface area (Å²) in [4.78, 5) is 13.3. The predicted molar refractivity (Wildman–Crippen MR) is 71.8 cm³/mol. The molecule has 1 saturated heterocycles. The first kappa shape index (κ1) is 12.9. The summed E-state index contributed by atoms with van der Waals surface area (Å²) in [7, 11) is 1.69. The number of carbonyl (C=O) groups excluding carboxylic acids is 1. The third-order valence-electron chi connectivity index (χ3n) is 3.84. The minimum absolute atomic E-state index is 0.134. The molecule has 1 heterocycles. The number of hydrogen-bond donors (Lipinski definition) is 0. The lowest BCUT2D eigenvalue weighted by atomic mass is 9.70. The van der Waals surface area contributed by atoms with Crippen molar-refractivity contribution in [3.63, 3.8) is 0 Å². The van der Waals surface area contributed by atoms with Crippen LogP contribution in [0.1, 0.15) is 32.3 Å². The lowest BCUT2D eigenvalue weighted by Crippen LogP contribution is -2.60. The van der Waals surface area contributed by atoms with E-state index >= 15 is 0 Å². The molecule has 1 aromatic rings. The van der Waals surface area contributed by atoms with Gasteiger partial charge >= 0.3 is 0 Å². The smallest absolute Gasteiger partial charge is 0.219 e. The molecule has 0 radical (unpaired) electrons. The molecule has 1 aliphatic rings. The lowest BCUT2D eigenvalue weighted by molar-refractivity contribution is -0.136. The summed E-state index contributed by atoms with van der Waals surface area (Å²) in [6.45, 7) is 5.51. The van der Waals surface area contributed by atoms with Crippen molar-refractivity contribution in [1.29, 1.82) is 0 Å². The highest BCUT2D eigenvalue weighted by atomic mass is 16.5. The Kier molecular flexibility index (Phi) is 3.60. The lowest BCUT2D eigenvalue weighted by Gasteiger charge is -2.50. The number of carbonyl (C=O) groups is 1. The molecule has 0 unspecified atom stereocenters. The van der Waals surface area contributed by atoms with Gasteiger partial charge in [0.1, 0.15) is 5.75 Å². The van der Waals surface area contributed by atoms with Gasteiger partial charge < -0.3 is 9.64 Å². The number of methoxy groups -OCH3 is 1. The van der Waals surface area contributed by atoms with Crippen molar-refractivity contribution in [1.82, 2.24) is 4.90 Å². The van der Waals surface area contributed by atoms with E-state index in [-0.39, 0.29) is 11.3 Å². The summed E-state index contributed by atoms with van der Waals surface area (Å²) < 4.78 is 5.29. The maximum atomic E-state index is 11.4. The van der Waals surface area contributed by atoms with Gasteiger partial charge in [-0.1, -0.05) is 25.5 Å². The zero-order chi connectivity index (χ0) is 13.2. The van der Waals surface area contributed by atoms with Gasteiger partial charge in [0.15, 0.2) is 0 Å². The molecule has 1 aliphatic heterocycles. The molecular formula is C15H21NO2. The van der Waals surface area contributed by atoms with Crippen LogP contribution in [0.2, 0.25) is 0 Å². The number of amides is 1. The van der Waals surface area contributed by atoms with Crippen LogP contribution in [0.25, 0.3) is 0 Å². The Bertz CT molecular complexity index is 436. The van der Waals surface area contributed by atoms with Crippen molar-refractivity contribution in [2.75, 3.05) is 20.2 Å². The van der Waals surface area contributed by atoms with E-state index in [0.29, 0.717) is 0 Å².